The summed E-state index contributed by atoms with van der Waals surface area (Å²) in [5, 5.41) is 5.20. The zero-order valence-corrected chi connectivity index (χ0v) is 10.3. The lowest BCUT2D eigenvalue weighted by Crippen LogP contribution is -2.07. The smallest absolute Gasteiger partial charge is 0.242 e. The molecule has 2 rings (SSSR count). The largest absolute Gasteiger partial charge is 0.476 e. The molecule has 0 bridgehead atoms. The molecule has 5 nitrogen and oxygen atoms in total. The molecular formula is C11H14N4OS. The number of hydrogen-bond donors (Lipinski definition) is 2. The zero-order chi connectivity index (χ0) is 12.1. The molecule has 6 heteroatoms. The molecule has 0 aliphatic heterocycles. The Kier molecular flexibility index (Phi) is 3.77. The number of hydrogen-bond acceptors (Lipinski definition) is 6. The highest BCUT2D eigenvalue weighted by atomic mass is 32.1. The fraction of sp³-hybridized carbons (Fsp3) is 0.273. The van der Waals surface area contributed by atoms with Crippen molar-refractivity contribution in [2.45, 2.75) is 13.5 Å². The molecule has 2 aromatic rings. The van der Waals surface area contributed by atoms with Gasteiger partial charge in [0.15, 0.2) is 5.82 Å². The molecule has 0 fully saturated rings. The maximum absolute atomic E-state index is 5.90. The van der Waals surface area contributed by atoms with Crippen LogP contribution in [0.2, 0.25) is 0 Å². The second kappa shape index (κ2) is 5.49. The number of aromatic nitrogens is 2. The minimum Gasteiger partial charge on any atom is -0.476 e. The summed E-state index contributed by atoms with van der Waals surface area (Å²) in [7, 11) is 0. The van der Waals surface area contributed by atoms with Crippen LogP contribution in [0.25, 0.3) is 0 Å². The van der Waals surface area contributed by atoms with Gasteiger partial charge in [0.1, 0.15) is 12.0 Å². The number of rotatable bonds is 5. The predicted molar refractivity (Wildman–Crippen MR) is 69.3 cm³/mol. The number of ether oxygens (including phenoxy) is 1. The summed E-state index contributed by atoms with van der Waals surface area (Å²) in [6, 6.07) is 4.06. The van der Waals surface area contributed by atoms with E-state index in [1.54, 1.807) is 11.3 Å². The van der Waals surface area contributed by atoms with Gasteiger partial charge in [-0.05, 0) is 18.4 Å². The first kappa shape index (κ1) is 11.7. The molecule has 90 valence electrons. The van der Waals surface area contributed by atoms with Crippen molar-refractivity contribution in [2.24, 2.45) is 0 Å². The maximum Gasteiger partial charge on any atom is 0.242 e. The third-order valence-electron chi connectivity index (χ3n) is 2.14. The Morgan fingerprint density at radius 2 is 2.35 bits per heavy atom. The minimum absolute atomic E-state index is 0.427. The van der Waals surface area contributed by atoms with Gasteiger partial charge in [-0.2, -0.15) is 4.98 Å². The number of thiophene rings is 1. The van der Waals surface area contributed by atoms with Gasteiger partial charge >= 0.3 is 0 Å². The Hall–Kier alpha value is -1.82. The van der Waals surface area contributed by atoms with Crippen molar-refractivity contribution in [3.63, 3.8) is 0 Å². The predicted octanol–water partition coefficient (Wildman–Crippen LogP) is 2.13. The average Bonchev–Trinajstić information content (AvgIpc) is 2.83. The molecule has 0 radical (unpaired) electrons. The van der Waals surface area contributed by atoms with Gasteiger partial charge in [0.2, 0.25) is 5.88 Å². The van der Waals surface area contributed by atoms with Crippen molar-refractivity contribution in [3.05, 3.63) is 28.7 Å². The molecule has 0 aliphatic carbocycles. The van der Waals surface area contributed by atoms with Gasteiger partial charge in [-0.25, -0.2) is 4.98 Å². The number of nitrogens with one attached hydrogen (secondary N) is 1. The highest BCUT2D eigenvalue weighted by molar-refractivity contribution is 7.09. The molecule has 2 aromatic heterocycles. The molecule has 0 aromatic carbocycles. The van der Waals surface area contributed by atoms with E-state index in [-0.39, 0.29) is 0 Å². The fourth-order valence-electron chi connectivity index (χ4n) is 1.36. The zero-order valence-electron chi connectivity index (χ0n) is 9.51. The van der Waals surface area contributed by atoms with Crippen LogP contribution in [0.15, 0.2) is 23.8 Å². The van der Waals surface area contributed by atoms with Crippen molar-refractivity contribution in [2.75, 3.05) is 17.7 Å². The highest BCUT2D eigenvalue weighted by Gasteiger charge is 2.08. The Morgan fingerprint density at radius 3 is 3.06 bits per heavy atom. The van der Waals surface area contributed by atoms with Crippen molar-refractivity contribution in [3.8, 4) is 5.88 Å². The van der Waals surface area contributed by atoms with E-state index in [1.807, 2.05) is 18.4 Å². The van der Waals surface area contributed by atoms with Crippen LogP contribution in [-0.4, -0.2) is 16.6 Å². The van der Waals surface area contributed by atoms with E-state index >= 15 is 0 Å². The molecule has 0 aliphatic rings. The summed E-state index contributed by atoms with van der Waals surface area (Å²) in [5.41, 5.74) is 6.35. The van der Waals surface area contributed by atoms with Crippen molar-refractivity contribution in [1.82, 2.24) is 9.97 Å². The molecular weight excluding hydrogens is 236 g/mol. The van der Waals surface area contributed by atoms with Gasteiger partial charge in [-0.15, -0.1) is 11.3 Å². The molecule has 0 unspecified atom stereocenters. The number of anilines is 2. The average molecular weight is 250 g/mol. The van der Waals surface area contributed by atoms with Crippen LogP contribution in [-0.2, 0) is 6.54 Å². The van der Waals surface area contributed by atoms with Crippen LogP contribution in [0, 0.1) is 0 Å². The van der Waals surface area contributed by atoms with E-state index in [4.69, 9.17) is 10.5 Å². The van der Waals surface area contributed by atoms with Gasteiger partial charge < -0.3 is 15.8 Å². The van der Waals surface area contributed by atoms with Crippen LogP contribution < -0.4 is 15.8 Å². The SMILES string of the molecule is CCOc1ncnc(NCc2cccs2)c1N. The van der Waals surface area contributed by atoms with Crippen molar-refractivity contribution < 1.29 is 4.74 Å². The van der Waals surface area contributed by atoms with E-state index in [2.05, 4.69) is 21.4 Å². The van der Waals surface area contributed by atoms with Crippen molar-refractivity contribution in [1.29, 1.82) is 0 Å². The van der Waals surface area contributed by atoms with Gasteiger partial charge in [-0.3, -0.25) is 0 Å². The Morgan fingerprint density at radius 1 is 1.47 bits per heavy atom. The van der Waals surface area contributed by atoms with Crippen LogP contribution in [0.5, 0.6) is 5.88 Å². The van der Waals surface area contributed by atoms with E-state index in [9.17, 15) is 0 Å². The van der Waals surface area contributed by atoms with Crippen LogP contribution in [0.1, 0.15) is 11.8 Å². The normalized spacial score (nSPS) is 10.2. The number of nitrogens with zero attached hydrogens (tertiary/aromatic N) is 2. The van der Waals surface area contributed by atoms with Crippen molar-refractivity contribution >= 4 is 22.8 Å². The Balaban J connectivity index is 2.07. The quantitative estimate of drug-likeness (QED) is 0.850. The van der Waals surface area contributed by atoms with Crippen LogP contribution >= 0.6 is 11.3 Å². The van der Waals surface area contributed by atoms with Gasteiger partial charge in [-0.1, -0.05) is 6.07 Å². The lowest BCUT2D eigenvalue weighted by Gasteiger charge is -2.10. The highest BCUT2D eigenvalue weighted by Crippen LogP contribution is 2.25. The number of nitrogens with two attached hydrogens (primary N) is 1. The fourth-order valence-corrected chi connectivity index (χ4v) is 2.00. The standard InChI is InChI=1S/C11H14N4OS/c1-2-16-11-9(12)10(14-7-15-11)13-6-8-4-3-5-17-8/h3-5,7H,2,6,12H2,1H3,(H,13,14,15). The second-order valence-electron chi connectivity index (χ2n) is 3.31. The molecule has 0 spiro atoms. The van der Waals surface area contributed by atoms with E-state index < -0.39 is 0 Å². The lowest BCUT2D eigenvalue weighted by molar-refractivity contribution is 0.328. The Bertz CT molecular complexity index is 472. The first-order valence-electron chi connectivity index (χ1n) is 5.30. The first-order valence-corrected chi connectivity index (χ1v) is 6.18. The summed E-state index contributed by atoms with van der Waals surface area (Å²) in [5.74, 6) is 1.04. The first-order chi connectivity index (χ1) is 8.31. The second-order valence-corrected chi connectivity index (χ2v) is 4.34. The lowest BCUT2D eigenvalue weighted by atomic mass is 10.4. The maximum atomic E-state index is 5.90. The number of nitrogen functional groups attached to an aromatic ring is 1. The Labute approximate surface area is 104 Å². The van der Waals surface area contributed by atoms with Gasteiger partial charge in [0.05, 0.1) is 13.2 Å². The molecule has 17 heavy (non-hydrogen) atoms. The van der Waals surface area contributed by atoms with Gasteiger partial charge in [0, 0.05) is 4.88 Å². The van der Waals surface area contributed by atoms with Crippen LogP contribution in [0.4, 0.5) is 11.5 Å². The molecule has 0 saturated heterocycles. The topological polar surface area (TPSA) is 73.1 Å². The molecule has 0 amide bonds. The third kappa shape index (κ3) is 2.85. The molecule has 2 heterocycles. The van der Waals surface area contributed by atoms with Crippen LogP contribution in [0.3, 0.4) is 0 Å². The molecule has 3 N–H and O–H groups in total. The van der Waals surface area contributed by atoms with Gasteiger partial charge in [0.25, 0.3) is 0 Å². The van der Waals surface area contributed by atoms with E-state index in [0.29, 0.717) is 30.5 Å². The minimum atomic E-state index is 0.427. The molecule has 0 atom stereocenters. The molecule has 0 saturated carbocycles. The summed E-state index contributed by atoms with van der Waals surface area (Å²) in [6.07, 6.45) is 1.44. The van der Waals surface area contributed by atoms with E-state index in [0.717, 1.165) is 0 Å². The monoisotopic (exact) mass is 250 g/mol. The summed E-state index contributed by atoms with van der Waals surface area (Å²) < 4.78 is 5.30. The summed E-state index contributed by atoms with van der Waals surface area (Å²) >= 11 is 1.68. The summed E-state index contributed by atoms with van der Waals surface area (Å²) in [6.45, 7) is 3.12. The summed E-state index contributed by atoms with van der Waals surface area (Å²) in [4.78, 5) is 9.30. The van der Waals surface area contributed by atoms with E-state index in [1.165, 1.54) is 11.2 Å². The third-order valence-corrected chi connectivity index (χ3v) is 3.01.